The minimum absolute atomic E-state index is 0.00763. The normalized spacial score (nSPS) is 10.9. The van der Waals surface area contributed by atoms with Crippen molar-refractivity contribution in [3.8, 4) is 10.7 Å². The average molecular weight is 389 g/mol. The van der Waals surface area contributed by atoms with Crippen LogP contribution in [0.1, 0.15) is 29.4 Å². The van der Waals surface area contributed by atoms with E-state index in [1.807, 2.05) is 53.9 Å². The van der Waals surface area contributed by atoms with Crippen LogP contribution in [0.3, 0.4) is 0 Å². The van der Waals surface area contributed by atoms with Crippen LogP contribution in [0.5, 0.6) is 0 Å². The van der Waals surface area contributed by atoms with Crippen molar-refractivity contribution in [1.82, 2.24) is 15.5 Å². The van der Waals surface area contributed by atoms with E-state index in [4.69, 9.17) is 4.52 Å². The van der Waals surface area contributed by atoms with E-state index in [9.17, 15) is 4.79 Å². The predicted octanol–water partition coefficient (Wildman–Crippen LogP) is 4.64. The molecule has 0 aliphatic rings. The number of thiophene rings is 1. The van der Waals surface area contributed by atoms with E-state index in [1.165, 1.54) is 0 Å². The van der Waals surface area contributed by atoms with Crippen LogP contribution < -0.4 is 5.32 Å². The lowest BCUT2D eigenvalue weighted by atomic mass is 9.88. The van der Waals surface area contributed by atoms with E-state index in [0.717, 1.165) is 16.0 Å². The highest BCUT2D eigenvalue weighted by molar-refractivity contribution is 7.13. The molecule has 0 fully saturated rings. The molecule has 4 aromatic rings. The van der Waals surface area contributed by atoms with Gasteiger partial charge in [0.05, 0.1) is 11.4 Å². The fourth-order valence-electron chi connectivity index (χ4n) is 3.06. The van der Waals surface area contributed by atoms with Gasteiger partial charge in [-0.1, -0.05) is 71.9 Å². The zero-order valence-electron chi connectivity index (χ0n) is 15.1. The number of hydrogen-bond donors (Lipinski definition) is 1. The number of nitrogens with one attached hydrogen (secondary N) is 1. The van der Waals surface area contributed by atoms with Gasteiger partial charge in [-0.3, -0.25) is 4.79 Å². The molecule has 1 N–H and O–H groups in total. The standard InChI is InChI=1S/C22H19N3O2S/c26-20(23-15-21-24-22(25-27-21)19-12-7-13-28-19)14-18(16-8-3-1-4-9-16)17-10-5-2-6-11-17/h1-13,18H,14-15H2,(H,23,26). The van der Waals surface area contributed by atoms with Crippen LogP contribution in [0.4, 0.5) is 0 Å². The van der Waals surface area contributed by atoms with Crippen molar-refractivity contribution in [2.75, 3.05) is 0 Å². The lowest BCUT2D eigenvalue weighted by Crippen LogP contribution is -2.25. The highest BCUT2D eigenvalue weighted by atomic mass is 32.1. The third kappa shape index (κ3) is 4.35. The Labute approximate surface area is 167 Å². The first-order valence-electron chi connectivity index (χ1n) is 9.02. The van der Waals surface area contributed by atoms with Gasteiger partial charge < -0.3 is 9.84 Å². The van der Waals surface area contributed by atoms with Crippen molar-refractivity contribution >= 4 is 17.2 Å². The average Bonchev–Trinajstić information content (AvgIpc) is 3.43. The Bertz CT molecular complexity index is 975. The zero-order chi connectivity index (χ0) is 19.2. The van der Waals surface area contributed by atoms with Gasteiger partial charge in [-0.15, -0.1) is 11.3 Å². The molecule has 0 aliphatic carbocycles. The van der Waals surface area contributed by atoms with E-state index < -0.39 is 0 Å². The summed E-state index contributed by atoms with van der Waals surface area (Å²) < 4.78 is 5.24. The molecule has 1 amide bonds. The van der Waals surface area contributed by atoms with Crippen LogP contribution in [-0.2, 0) is 11.3 Å². The molecule has 5 nitrogen and oxygen atoms in total. The molecule has 0 saturated carbocycles. The molecule has 2 aromatic carbocycles. The second-order valence-corrected chi connectivity index (χ2v) is 7.29. The van der Waals surface area contributed by atoms with Gasteiger partial charge in [-0.25, -0.2) is 0 Å². The molecule has 4 rings (SSSR count). The summed E-state index contributed by atoms with van der Waals surface area (Å²) in [5.74, 6) is 0.874. The second-order valence-electron chi connectivity index (χ2n) is 6.34. The third-order valence-electron chi connectivity index (χ3n) is 4.44. The summed E-state index contributed by atoms with van der Waals surface area (Å²) >= 11 is 1.55. The van der Waals surface area contributed by atoms with Crippen molar-refractivity contribution in [3.63, 3.8) is 0 Å². The molecule has 0 spiro atoms. The maximum absolute atomic E-state index is 12.6. The van der Waals surface area contributed by atoms with Gasteiger partial charge in [-0.05, 0) is 22.6 Å². The van der Waals surface area contributed by atoms with Gasteiger partial charge in [0.2, 0.25) is 17.6 Å². The van der Waals surface area contributed by atoms with Crippen LogP contribution in [-0.4, -0.2) is 16.0 Å². The van der Waals surface area contributed by atoms with Gasteiger partial charge in [0, 0.05) is 12.3 Å². The van der Waals surface area contributed by atoms with Crippen LogP contribution in [0.15, 0.2) is 82.7 Å². The Kier molecular flexibility index (Phi) is 5.58. The molecule has 0 radical (unpaired) electrons. The fraction of sp³-hybridized carbons (Fsp3) is 0.136. The topological polar surface area (TPSA) is 68.0 Å². The van der Waals surface area contributed by atoms with Gasteiger partial charge in [0.1, 0.15) is 0 Å². The maximum atomic E-state index is 12.6. The Hall–Kier alpha value is -3.25. The van der Waals surface area contributed by atoms with Crippen LogP contribution >= 0.6 is 11.3 Å². The lowest BCUT2D eigenvalue weighted by molar-refractivity contribution is -0.121. The van der Waals surface area contributed by atoms with Crippen molar-refractivity contribution in [2.45, 2.75) is 18.9 Å². The number of nitrogens with zero attached hydrogens (tertiary/aromatic N) is 2. The minimum Gasteiger partial charge on any atom is -0.347 e. The molecule has 6 heteroatoms. The first-order valence-corrected chi connectivity index (χ1v) is 9.90. The van der Waals surface area contributed by atoms with Gasteiger partial charge in [0.25, 0.3) is 0 Å². The molecule has 0 unspecified atom stereocenters. The van der Waals surface area contributed by atoms with Gasteiger partial charge >= 0.3 is 0 Å². The summed E-state index contributed by atoms with van der Waals surface area (Å²) in [5, 5.41) is 8.82. The quantitative estimate of drug-likeness (QED) is 0.500. The van der Waals surface area contributed by atoms with E-state index in [-0.39, 0.29) is 18.4 Å². The first-order chi connectivity index (χ1) is 13.8. The summed E-state index contributed by atoms with van der Waals surface area (Å²) in [6, 6.07) is 24.0. The SMILES string of the molecule is O=C(CC(c1ccccc1)c1ccccc1)NCc1nc(-c2cccs2)no1. The number of hydrogen-bond acceptors (Lipinski definition) is 5. The zero-order valence-corrected chi connectivity index (χ0v) is 15.9. The summed E-state index contributed by atoms with van der Waals surface area (Å²) in [5.41, 5.74) is 2.23. The third-order valence-corrected chi connectivity index (χ3v) is 5.31. The van der Waals surface area contributed by atoms with E-state index in [1.54, 1.807) is 11.3 Å². The molecule has 2 heterocycles. The monoisotopic (exact) mass is 389 g/mol. The second kappa shape index (κ2) is 8.63. The molecular formula is C22H19N3O2S. The number of aromatic nitrogens is 2. The maximum Gasteiger partial charge on any atom is 0.246 e. The Balaban J connectivity index is 1.42. The van der Waals surface area contributed by atoms with Crippen LogP contribution in [0.2, 0.25) is 0 Å². The molecule has 28 heavy (non-hydrogen) atoms. The predicted molar refractivity (Wildman–Crippen MR) is 109 cm³/mol. The number of carbonyl (C=O) groups is 1. The van der Waals surface area contributed by atoms with Crippen molar-refractivity contribution in [1.29, 1.82) is 0 Å². The molecule has 2 aromatic heterocycles. The van der Waals surface area contributed by atoms with Gasteiger partial charge in [-0.2, -0.15) is 4.98 Å². The molecule has 0 bridgehead atoms. The first kappa shape index (κ1) is 18.1. The Morgan fingerprint density at radius 3 is 2.25 bits per heavy atom. The highest BCUT2D eigenvalue weighted by Gasteiger charge is 2.18. The summed E-state index contributed by atoms with van der Waals surface area (Å²) in [6.07, 6.45) is 0.347. The van der Waals surface area contributed by atoms with Crippen molar-refractivity contribution in [3.05, 3.63) is 95.2 Å². The number of carbonyl (C=O) groups excluding carboxylic acids is 1. The van der Waals surface area contributed by atoms with Crippen LogP contribution in [0, 0.1) is 0 Å². The van der Waals surface area contributed by atoms with Crippen molar-refractivity contribution < 1.29 is 9.32 Å². The molecule has 0 atom stereocenters. The minimum atomic E-state index is -0.0615. The largest absolute Gasteiger partial charge is 0.347 e. The number of rotatable bonds is 7. The smallest absolute Gasteiger partial charge is 0.246 e. The van der Waals surface area contributed by atoms with Gasteiger partial charge in [0.15, 0.2) is 0 Å². The van der Waals surface area contributed by atoms with Crippen molar-refractivity contribution in [2.24, 2.45) is 0 Å². The number of amides is 1. The summed E-state index contributed by atoms with van der Waals surface area (Å²) in [7, 11) is 0. The lowest BCUT2D eigenvalue weighted by Gasteiger charge is -2.17. The highest BCUT2D eigenvalue weighted by Crippen LogP contribution is 2.28. The van der Waals surface area contributed by atoms with E-state index in [0.29, 0.717) is 18.1 Å². The molecule has 0 aliphatic heterocycles. The summed E-state index contributed by atoms with van der Waals surface area (Å²) in [4.78, 5) is 17.9. The molecule has 140 valence electrons. The number of benzene rings is 2. The Morgan fingerprint density at radius 1 is 0.964 bits per heavy atom. The molecular weight excluding hydrogens is 370 g/mol. The Morgan fingerprint density at radius 2 is 1.64 bits per heavy atom. The fourth-order valence-corrected chi connectivity index (χ4v) is 3.71. The van der Waals surface area contributed by atoms with Crippen LogP contribution in [0.25, 0.3) is 10.7 Å². The molecule has 0 saturated heterocycles. The summed E-state index contributed by atoms with van der Waals surface area (Å²) in [6.45, 7) is 0.216. The van der Waals surface area contributed by atoms with E-state index >= 15 is 0 Å². The van der Waals surface area contributed by atoms with E-state index in [2.05, 4.69) is 39.7 Å².